The van der Waals surface area contributed by atoms with Crippen molar-refractivity contribution in [1.82, 2.24) is 10.2 Å². The SMILES string of the molecule is COC(CC(CNC(N)=O)P(O)(O)(O)CC(C#N)N(C(C)C)C(C)C)(OC)C(c1ccccc1)(c1ccccc1)c1ccccc1. The average molecular weight is 653 g/mol. The van der Waals surface area contributed by atoms with Crippen molar-refractivity contribution in [2.24, 2.45) is 5.73 Å². The number of urea groups is 1. The van der Waals surface area contributed by atoms with Gasteiger partial charge in [-0.15, -0.1) is 0 Å². The number of hydrogen-bond donors (Lipinski definition) is 5. The number of ether oxygens (including phenoxy) is 2. The van der Waals surface area contributed by atoms with Crippen molar-refractivity contribution < 1.29 is 28.9 Å². The molecule has 10 nitrogen and oxygen atoms in total. The number of methoxy groups -OCH3 is 2. The number of nitrogens with two attached hydrogens (primary N) is 1. The van der Waals surface area contributed by atoms with Gasteiger partial charge in [0.15, 0.2) is 0 Å². The molecular weight excluding hydrogens is 603 g/mol. The summed E-state index contributed by atoms with van der Waals surface area (Å²) in [6.45, 7) is 7.15. The first-order chi connectivity index (χ1) is 21.7. The summed E-state index contributed by atoms with van der Waals surface area (Å²) in [5.41, 5.74) is 5.06. The molecule has 0 bridgehead atoms. The second kappa shape index (κ2) is 15.0. The number of benzene rings is 3. The van der Waals surface area contributed by atoms with E-state index in [1.54, 1.807) is 0 Å². The number of nitrogens with one attached hydrogen (secondary N) is 1. The van der Waals surface area contributed by atoms with Crippen LogP contribution >= 0.6 is 7.28 Å². The molecule has 2 atom stereocenters. The van der Waals surface area contributed by atoms with Gasteiger partial charge in [0, 0.05) is 0 Å². The first kappa shape index (κ1) is 37.1. The number of nitrogens with zero attached hydrogens (tertiary/aromatic N) is 2. The van der Waals surface area contributed by atoms with Crippen LogP contribution in [-0.4, -0.2) is 82.1 Å². The number of nitriles is 1. The molecular formula is C35H49N4O6P. The normalized spacial score (nSPS) is 14.8. The standard InChI is InChI=1S/C35H49N4O6P/c1-26(2)39(27(3)4)31(23-36)25-46(41,42,43)32(24-38-33(37)40)22-34(44-5,45-6)35(28-16-10-7-11-17-28,29-18-12-8-13-19-29)30-20-14-9-15-21-30/h7-21,26-27,31-32,41-43H,22,24-25H2,1-6H3,(H3,37,38,40). The third-order valence-corrected chi connectivity index (χ3v) is 11.7. The Kier molecular flexibility index (Phi) is 12.1. The molecule has 2 unspecified atom stereocenters. The van der Waals surface area contributed by atoms with E-state index in [4.69, 9.17) is 15.2 Å². The van der Waals surface area contributed by atoms with E-state index in [9.17, 15) is 24.7 Å². The second-order valence-electron chi connectivity index (χ2n) is 12.3. The van der Waals surface area contributed by atoms with Crippen LogP contribution in [0.3, 0.4) is 0 Å². The van der Waals surface area contributed by atoms with Crippen molar-refractivity contribution in [2.45, 2.75) is 69.1 Å². The Morgan fingerprint density at radius 2 is 1.24 bits per heavy atom. The Morgan fingerprint density at radius 3 is 1.54 bits per heavy atom. The third-order valence-electron chi connectivity index (χ3n) is 8.84. The van der Waals surface area contributed by atoms with Crippen LogP contribution in [0.15, 0.2) is 91.0 Å². The molecule has 0 aromatic heterocycles. The number of primary amides is 1. The van der Waals surface area contributed by atoms with E-state index in [0.29, 0.717) is 0 Å². The Balaban J connectivity index is 2.37. The zero-order chi connectivity index (χ0) is 34.2. The van der Waals surface area contributed by atoms with E-state index < -0.39 is 48.9 Å². The van der Waals surface area contributed by atoms with E-state index in [0.717, 1.165) is 16.7 Å². The van der Waals surface area contributed by atoms with Crippen LogP contribution in [0.2, 0.25) is 0 Å². The van der Waals surface area contributed by atoms with Crippen LogP contribution in [0, 0.1) is 11.3 Å². The zero-order valence-electron chi connectivity index (χ0n) is 27.6. The summed E-state index contributed by atoms with van der Waals surface area (Å²) < 4.78 is 12.8. The fourth-order valence-electron chi connectivity index (χ4n) is 6.91. The first-order valence-electron chi connectivity index (χ1n) is 15.4. The summed E-state index contributed by atoms with van der Waals surface area (Å²) >= 11 is 0. The molecule has 11 heteroatoms. The topological polar surface area (TPSA) is 161 Å². The molecule has 0 aliphatic rings. The third kappa shape index (κ3) is 7.59. The van der Waals surface area contributed by atoms with Crippen LogP contribution in [0.25, 0.3) is 0 Å². The fraction of sp³-hybridized carbons (Fsp3) is 0.429. The summed E-state index contributed by atoms with van der Waals surface area (Å²) in [4.78, 5) is 50.0. The van der Waals surface area contributed by atoms with E-state index in [2.05, 4.69) is 11.4 Å². The molecule has 3 aromatic rings. The zero-order valence-corrected chi connectivity index (χ0v) is 28.5. The monoisotopic (exact) mass is 652 g/mol. The van der Waals surface area contributed by atoms with Gasteiger partial charge in [0.1, 0.15) is 0 Å². The van der Waals surface area contributed by atoms with Gasteiger partial charge in [-0.2, -0.15) is 0 Å². The predicted octanol–water partition coefficient (Wildman–Crippen LogP) is 4.72. The minimum absolute atomic E-state index is 0.141. The Hall–Kier alpha value is -3.39. The second-order valence-corrected chi connectivity index (χ2v) is 15.8. The molecule has 0 saturated heterocycles. The minimum atomic E-state index is -5.87. The van der Waals surface area contributed by atoms with Gasteiger partial charge in [0.25, 0.3) is 0 Å². The average Bonchev–Trinajstić information content (AvgIpc) is 3.02. The number of carbonyl (C=O) groups excluding carboxylic acids is 1. The van der Waals surface area contributed by atoms with Crippen molar-refractivity contribution in [2.75, 3.05) is 26.9 Å². The van der Waals surface area contributed by atoms with Crippen LogP contribution in [0.1, 0.15) is 50.8 Å². The van der Waals surface area contributed by atoms with E-state index in [-0.39, 0.29) is 18.5 Å². The molecule has 0 aliphatic heterocycles. The quantitative estimate of drug-likeness (QED) is 0.0844. The fourth-order valence-corrected chi connectivity index (χ4v) is 9.22. The van der Waals surface area contributed by atoms with Gasteiger partial charge < -0.3 is 0 Å². The maximum absolute atomic E-state index is 12.1. The van der Waals surface area contributed by atoms with Gasteiger partial charge in [-0.3, -0.25) is 0 Å². The van der Waals surface area contributed by atoms with E-state index >= 15 is 0 Å². The molecule has 3 rings (SSSR count). The number of amides is 2. The van der Waals surface area contributed by atoms with Gasteiger partial charge in [0.2, 0.25) is 0 Å². The summed E-state index contributed by atoms with van der Waals surface area (Å²) in [6, 6.07) is 28.6. The summed E-state index contributed by atoms with van der Waals surface area (Å²) in [5, 5.41) is 12.7. The van der Waals surface area contributed by atoms with E-state index in [1.165, 1.54) is 14.2 Å². The molecule has 6 N–H and O–H groups in total. The first-order valence-corrected chi connectivity index (χ1v) is 17.8. The van der Waals surface area contributed by atoms with Gasteiger partial charge in [-0.1, -0.05) is 0 Å². The van der Waals surface area contributed by atoms with E-state index in [1.807, 2.05) is 124 Å². The molecule has 0 fully saturated rings. The van der Waals surface area contributed by atoms with Gasteiger partial charge in [-0.25, -0.2) is 0 Å². The molecule has 3 aromatic carbocycles. The van der Waals surface area contributed by atoms with Crippen LogP contribution < -0.4 is 11.1 Å². The molecule has 2 amide bonds. The van der Waals surface area contributed by atoms with Crippen LogP contribution in [0.4, 0.5) is 4.79 Å². The molecule has 46 heavy (non-hydrogen) atoms. The van der Waals surface area contributed by atoms with Gasteiger partial charge in [0.05, 0.1) is 0 Å². The molecule has 0 spiro atoms. The van der Waals surface area contributed by atoms with Crippen molar-refractivity contribution >= 4 is 13.3 Å². The van der Waals surface area contributed by atoms with Crippen molar-refractivity contribution in [3.05, 3.63) is 108 Å². The number of hydrogen-bond acceptors (Lipinski definition) is 8. The van der Waals surface area contributed by atoms with Crippen molar-refractivity contribution in [3.8, 4) is 6.07 Å². The Bertz CT molecular complexity index is 1330. The number of carbonyl (C=O) groups is 1. The molecule has 0 saturated carbocycles. The maximum atomic E-state index is 12.1. The van der Waals surface area contributed by atoms with Crippen molar-refractivity contribution in [3.63, 3.8) is 0 Å². The van der Waals surface area contributed by atoms with Gasteiger partial charge >= 0.3 is 273 Å². The molecule has 0 heterocycles. The van der Waals surface area contributed by atoms with Crippen LogP contribution in [-0.2, 0) is 14.9 Å². The van der Waals surface area contributed by atoms with Crippen LogP contribution in [0.5, 0.6) is 0 Å². The Labute approximate surface area is 272 Å². The van der Waals surface area contributed by atoms with Gasteiger partial charge in [-0.05, 0) is 0 Å². The Morgan fingerprint density at radius 1 is 0.848 bits per heavy atom. The predicted molar refractivity (Wildman–Crippen MR) is 182 cm³/mol. The van der Waals surface area contributed by atoms with Crippen molar-refractivity contribution in [1.29, 1.82) is 5.26 Å². The summed E-state index contributed by atoms with van der Waals surface area (Å²) in [7, 11) is -2.94. The number of rotatable bonds is 16. The molecule has 250 valence electrons. The molecule has 0 aliphatic carbocycles. The molecule has 0 radical (unpaired) electrons. The summed E-state index contributed by atoms with van der Waals surface area (Å²) in [6.07, 6.45) is -0.996. The summed E-state index contributed by atoms with van der Waals surface area (Å²) in [5.74, 6) is -1.73.